The fraction of sp³-hybridized carbons (Fsp3) is 0.0435. The predicted molar refractivity (Wildman–Crippen MR) is 147 cm³/mol. The molecule has 0 saturated carbocycles. The third kappa shape index (κ3) is 6.10. The number of hydrogen-bond acceptors (Lipinski definition) is 4. The second kappa shape index (κ2) is 10.8. The predicted octanol–water partition coefficient (Wildman–Crippen LogP) is 8.21. The minimum absolute atomic E-state index is 0.170. The van der Waals surface area contributed by atoms with Gasteiger partial charge in [0, 0.05) is 14.9 Å². The highest BCUT2D eigenvalue weighted by molar-refractivity contribution is 14.1. The van der Waals surface area contributed by atoms with E-state index in [0.717, 1.165) is 19.0 Å². The molecule has 0 aliphatic heterocycles. The molecule has 3 aromatic carbocycles. The van der Waals surface area contributed by atoms with Crippen LogP contribution in [0.1, 0.15) is 21.7 Å². The van der Waals surface area contributed by atoms with Crippen LogP contribution in [0, 0.1) is 3.57 Å². The highest BCUT2D eigenvalue weighted by Crippen LogP contribution is 2.35. The summed E-state index contributed by atoms with van der Waals surface area (Å²) in [5, 5.41) is 5.91. The number of carbonyl (C=O) groups is 1. The molecule has 168 valence electrons. The van der Waals surface area contributed by atoms with Crippen molar-refractivity contribution >= 4 is 101 Å². The van der Waals surface area contributed by atoms with Gasteiger partial charge in [-0.05, 0) is 92.1 Å². The Kier molecular flexibility index (Phi) is 8.01. The first-order valence-electron chi connectivity index (χ1n) is 9.38. The smallest absolute Gasteiger partial charge is 0.307 e. The van der Waals surface area contributed by atoms with Gasteiger partial charge in [-0.3, -0.25) is 4.79 Å². The van der Waals surface area contributed by atoms with E-state index in [0.29, 0.717) is 38.0 Å². The van der Waals surface area contributed by atoms with Crippen LogP contribution in [0.3, 0.4) is 0 Å². The minimum Gasteiger partial charge on any atom is -0.486 e. The second-order valence-electron chi connectivity index (χ2n) is 6.84. The van der Waals surface area contributed by atoms with E-state index in [4.69, 9.17) is 32.4 Å². The van der Waals surface area contributed by atoms with Gasteiger partial charge in [0.25, 0.3) is 0 Å². The summed E-state index contributed by atoms with van der Waals surface area (Å²) in [5.41, 5.74) is 4.76. The molecule has 0 saturated heterocycles. The first-order valence-corrected chi connectivity index (χ1v) is 12.8. The Morgan fingerprint density at radius 1 is 1.12 bits per heavy atom. The molecule has 1 aromatic heterocycles. The van der Waals surface area contributed by atoms with Crippen molar-refractivity contribution < 1.29 is 13.9 Å². The van der Waals surface area contributed by atoms with Crippen molar-refractivity contribution in [2.24, 2.45) is 5.10 Å². The summed E-state index contributed by atoms with van der Waals surface area (Å²) in [4.78, 5) is 12.4. The lowest BCUT2D eigenvalue weighted by Gasteiger charge is -2.11. The maximum Gasteiger partial charge on any atom is 0.307 e. The zero-order valence-corrected chi connectivity index (χ0v) is 23.4. The van der Waals surface area contributed by atoms with Gasteiger partial charge in [0.15, 0.2) is 11.5 Å². The van der Waals surface area contributed by atoms with E-state index in [1.165, 1.54) is 6.21 Å². The summed E-state index contributed by atoms with van der Waals surface area (Å²) >= 11 is 21.4. The zero-order chi connectivity index (χ0) is 23.5. The first kappa shape index (κ1) is 24.5. The molecule has 0 bridgehead atoms. The number of rotatable bonds is 6. The van der Waals surface area contributed by atoms with E-state index in [1.807, 2.05) is 24.3 Å². The molecule has 4 aromatic rings. The number of ether oxygens (including phenoxy) is 1. The van der Waals surface area contributed by atoms with Crippen LogP contribution >= 0.6 is 77.7 Å². The van der Waals surface area contributed by atoms with Gasteiger partial charge in [-0.15, -0.1) is 0 Å². The molecule has 1 amide bonds. The molecular weight excluding hydrogens is 710 g/mol. The van der Waals surface area contributed by atoms with Crippen molar-refractivity contribution in [3.8, 4) is 5.75 Å². The summed E-state index contributed by atoms with van der Waals surface area (Å²) in [5.74, 6) is 0.224. The number of halogens is 5. The van der Waals surface area contributed by atoms with Crippen LogP contribution in [-0.4, -0.2) is 12.1 Å². The van der Waals surface area contributed by atoms with Gasteiger partial charge < -0.3 is 9.15 Å². The molecular formula is C23H13Br2Cl2IN2O3. The summed E-state index contributed by atoms with van der Waals surface area (Å²) < 4.78 is 14.0. The molecule has 33 heavy (non-hydrogen) atoms. The van der Waals surface area contributed by atoms with Crippen LogP contribution in [0.4, 0.5) is 0 Å². The summed E-state index contributed by atoms with van der Waals surface area (Å²) in [6.07, 6.45) is 1.49. The van der Waals surface area contributed by atoms with Crippen molar-refractivity contribution in [1.82, 2.24) is 5.43 Å². The Morgan fingerprint density at radius 2 is 1.88 bits per heavy atom. The van der Waals surface area contributed by atoms with Crippen molar-refractivity contribution in [2.75, 3.05) is 0 Å². The molecule has 0 spiro atoms. The Labute approximate surface area is 229 Å². The lowest BCUT2D eigenvalue weighted by Crippen LogP contribution is -2.16. The van der Waals surface area contributed by atoms with Gasteiger partial charge >= 0.3 is 5.91 Å². The lowest BCUT2D eigenvalue weighted by atomic mass is 10.2. The standard InChI is InChI=1S/C23H13Br2Cl2IN2O3/c24-15-7-14-8-20(33-21(14)19(28)9-15)23(31)30-29-10-13-5-17(25)22(18(27)6-13)32-11-12-1-3-16(26)4-2-12/h1-10H,11H2,(H,30,31)/b29-10-. The van der Waals surface area contributed by atoms with Gasteiger partial charge in [0.1, 0.15) is 12.2 Å². The van der Waals surface area contributed by atoms with E-state index < -0.39 is 5.91 Å². The van der Waals surface area contributed by atoms with Gasteiger partial charge in [0.05, 0.1) is 19.3 Å². The van der Waals surface area contributed by atoms with Gasteiger partial charge in [-0.1, -0.05) is 51.3 Å². The number of amides is 1. The average molecular weight is 723 g/mol. The number of carbonyl (C=O) groups excluding carboxylic acids is 1. The number of nitrogens with one attached hydrogen (secondary N) is 1. The summed E-state index contributed by atoms with van der Waals surface area (Å²) in [6, 6.07) is 16.3. The van der Waals surface area contributed by atoms with Crippen molar-refractivity contribution in [1.29, 1.82) is 0 Å². The maximum absolute atomic E-state index is 12.4. The van der Waals surface area contributed by atoms with E-state index in [9.17, 15) is 4.79 Å². The normalized spacial score (nSPS) is 11.3. The molecule has 0 aliphatic carbocycles. The Hall–Kier alpha value is -1.59. The van der Waals surface area contributed by atoms with Crippen LogP contribution in [0.15, 0.2) is 73.1 Å². The second-order valence-corrected chi connectivity index (χ2v) is 10.6. The zero-order valence-electron chi connectivity index (χ0n) is 16.5. The third-order valence-corrected chi connectivity index (χ3v) is 6.84. The SMILES string of the molecule is O=C(N/N=C\c1cc(Cl)c(OCc2ccc(Cl)cc2)c(Br)c1)c1cc2cc(Br)cc(I)c2o1. The van der Waals surface area contributed by atoms with E-state index in [-0.39, 0.29) is 5.76 Å². The highest BCUT2D eigenvalue weighted by atomic mass is 127. The number of benzene rings is 3. The Bertz CT molecular complexity index is 1350. The number of furan rings is 1. The van der Waals surface area contributed by atoms with Crippen LogP contribution in [0.5, 0.6) is 5.75 Å². The molecule has 0 unspecified atom stereocenters. The third-order valence-electron chi connectivity index (χ3n) is 4.46. The van der Waals surface area contributed by atoms with Crippen molar-refractivity contribution in [3.63, 3.8) is 0 Å². The van der Waals surface area contributed by atoms with Crippen LogP contribution in [0.25, 0.3) is 11.0 Å². The molecule has 1 N–H and O–H groups in total. The van der Waals surface area contributed by atoms with E-state index in [1.54, 1.807) is 30.3 Å². The largest absolute Gasteiger partial charge is 0.486 e. The number of hydrazone groups is 1. The minimum atomic E-state index is -0.456. The van der Waals surface area contributed by atoms with Crippen molar-refractivity contribution in [2.45, 2.75) is 6.61 Å². The first-order chi connectivity index (χ1) is 15.8. The summed E-state index contributed by atoms with van der Waals surface area (Å²) in [6.45, 7) is 0.339. The molecule has 0 atom stereocenters. The number of fused-ring (bicyclic) bond motifs is 1. The highest BCUT2D eigenvalue weighted by Gasteiger charge is 2.14. The molecule has 5 nitrogen and oxygen atoms in total. The topological polar surface area (TPSA) is 63.8 Å². The fourth-order valence-electron chi connectivity index (χ4n) is 2.94. The Morgan fingerprint density at radius 3 is 2.61 bits per heavy atom. The molecule has 1 heterocycles. The molecule has 4 rings (SSSR count). The molecule has 10 heteroatoms. The summed E-state index contributed by atoms with van der Waals surface area (Å²) in [7, 11) is 0. The van der Waals surface area contributed by atoms with E-state index in [2.05, 4.69) is 65.0 Å². The lowest BCUT2D eigenvalue weighted by molar-refractivity contribution is 0.0929. The van der Waals surface area contributed by atoms with Gasteiger partial charge in [-0.2, -0.15) is 5.10 Å². The average Bonchev–Trinajstić information content (AvgIpc) is 3.19. The maximum atomic E-state index is 12.4. The van der Waals surface area contributed by atoms with Crippen LogP contribution in [0.2, 0.25) is 10.0 Å². The monoisotopic (exact) mass is 720 g/mol. The number of nitrogens with zero attached hydrogens (tertiary/aromatic N) is 1. The Balaban J connectivity index is 1.42. The molecule has 0 fully saturated rings. The number of hydrogen-bond donors (Lipinski definition) is 1. The van der Waals surface area contributed by atoms with Crippen molar-refractivity contribution in [3.05, 3.63) is 94.0 Å². The van der Waals surface area contributed by atoms with E-state index >= 15 is 0 Å². The molecule has 0 radical (unpaired) electrons. The van der Waals surface area contributed by atoms with Gasteiger partial charge in [-0.25, -0.2) is 5.43 Å². The fourth-order valence-corrected chi connectivity index (χ4v) is 5.71. The van der Waals surface area contributed by atoms with Crippen LogP contribution < -0.4 is 10.2 Å². The quantitative estimate of drug-likeness (QED) is 0.124. The molecule has 0 aliphatic rings. The van der Waals surface area contributed by atoms with Gasteiger partial charge in [0.2, 0.25) is 0 Å². The van der Waals surface area contributed by atoms with Crippen LogP contribution in [-0.2, 0) is 6.61 Å².